The molecule has 0 aromatic heterocycles. The van der Waals surface area contributed by atoms with Crippen molar-refractivity contribution in [1.82, 2.24) is 0 Å². The molecule has 1 unspecified atom stereocenters. The number of hydrogen-bond acceptors (Lipinski definition) is 4. The maximum absolute atomic E-state index is 11.1. The highest BCUT2D eigenvalue weighted by atomic mass is 35.5. The average molecular weight is 409 g/mol. The topological polar surface area (TPSA) is 66.8 Å². The quantitative estimate of drug-likeness (QED) is 0.268. The lowest BCUT2D eigenvalue weighted by Crippen LogP contribution is -2.18. The van der Waals surface area contributed by atoms with Crippen LogP contribution < -0.4 is 0 Å². The number of hydrogen-bond donors (Lipinski definition) is 2. The fourth-order valence-corrected chi connectivity index (χ4v) is 4.41. The number of unbranched alkanes of at least 4 members (excludes halogenated alkanes) is 1. The molecule has 0 bridgehead atoms. The van der Waals surface area contributed by atoms with Gasteiger partial charge in [0.1, 0.15) is 0 Å². The standard InChI is InChI=1S/C23H33ClO4/c1-15(2)23(27)17-12-10-16(11-13-17)22-18(19(24)14-20(22)25)8-6-4-5-7-9-21(26)28-3/h4,6,10-13,15,18-20,22-23,25,27H,5,7-9,14H2,1-3H3/b6-4-/t18-,19-,20+,22+,23?/m0/s1. The van der Waals surface area contributed by atoms with E-state index in [1.807, 2.05) is 38.1 Å². The maximum Gasteiger partial charge on any atom is 0.305 e. The van der Waals surface area contributed by atoms with Gasteiger partial charge in [0.2, 0.25) is 0 Å². The zero-order chi connectivity index (χ0) is 20.7. The number of carbonyl (C=O) groups is 1. The Hall–Kier alpha value is -1.36. The van der Waals surface area contributed by atoms with Gasteiger partial charge in [0, 0.05) is 17.7 Å². The molecule has 0 aliphatic heterocycles. The van der Waals surface area contributed by atoms with Crippen LogP contribution in [-0.4, -0.2) is 34.8 Å². The molecule has 156 valence electrons. The molecule has 0 saturated heterocycles. The molecule has 1 aliphatic rings. The number of aliphatic hydroxyl groups is 2. The number of allylic oxidation sites excluding steroid dienone is 2. The molecule has 2 rings (SSSR count). The molecule has 1 aliphatic carbocycles. The highest BCUT2D eigenvalue weighted by Gasteiger charge is 2.41. The van der Waals surface area contributed by atoms with Crippen molar-refractivity contribution in [2.24, 2.45) is 11.8 Å². The Bertz CT molecular complexity index is 641. The third-order valence-electron chi connectivity index (χ3n) is 5.66. The Balaban J connectivity index is 1.98. The Morgan fingerprint density at radius 1 is 1.29 bits per heavy atom. The second kappa shape index (κ2) is 11.0. The molecule has 1 aromatic rings. The van der Waals surface area contributed by atoms with Crippen LogP contribution in [0.1, 0.15) is 69.1 Å². The third-order valence-corrected chi connectivity index (χ3v) is 6.16. The van der Waals surface area contributed by atoms with E-state index >= 15 is 0 Å². The summed E-state index contributed by atoms with van der Waals surface area (Å²) in [4.78, 5) is 11.1. The molecule has 0 heterocycles. The molecule has 28 heavy (non-hydrogen) atoms. The number of ether oxygens (including phenoxy) is 1. The summed E-state index contributed by atoms with van der Waals surface area (Å²) in [5, 5.41) is 20.7. The molecule has 4 nitrogen and oxygen atoms in total. The summed E-state index contributed by atoms with van der Waals surface area (Å²) in [5.74, 6) is 0.133. The minimum absolute atomic E-state index is 0.00698. The number of halogens is 1. The van der Waals surface area contributed by atoms with Gasteiger partial charge in [-0.2, -0.15) is 0 Å². The third kappa shape index (κ3) is 6.07. The van der Waals surface area contributed by atoms with Crippen molar-refractivity contribution in [1.29, 1.82) is 0 Å². The number of rotatable bonds is 9. The van der Waals surface area contributed by atoms with Crippen molar-refractivity contribution in [3.8, 4) is 0 Å². The van der Waals surface area contributed by atoms with Crippen LogP contribution in [0.3, 0.4) is 0 Å². The van der Waals surface area contributed by atoms with Crippen LogP contribution in [0.25, 0.3) is 0 Å². The second-order valence-corrected chi connectivity index (χ2v) is 8.60. The van der Waals surface area contributed by atoms with Crippen LogP contribution in [0.4, 0.5) is 0 Å². The lowest BCUT2D eigenvalue weighted by molar-refractivity contribution is -0.140. The van der Waals surface area contributed by atoms with Gasteiger partial charge in [0.15, 0.2) is 0 Å². The molecule has 0 radical (unpaired) electrons. The monoisotopic (exact) mass is 408 g/mol. The predicted octanol–water partition coefficient (Wildman–Crippen LogP) is 4.74. The van der Waals surface area contributed by atoms with Gasteiger partial charge in [-0.05, 0) is 48.6 Å². The van der Waals surface area contributed by atoms with E-state index in [-0.39, 0.29) is 29.1 Å². The number of carbonyl (C=O) groups excluding carboxylic acids is 1. The van der Waals surface area contributed by atoms with Gasteiger partial charge in [-0.25, -0.2) is 0 Å². The first-order valence-corrected chi connectivity index (χ1v) is 10.6. The van der Waals surface area contributed by atoms with Crippen LogP contribution in [0.2, 0.25) is 0 Å². The number of esters is 1. The molecule has 1 aromatic carbocycles. The van der Waals surface area contributed by atoms with Crippen molar-refractivity contribution < 1.29 is 19.7 Å². The zero-order valence-corrected chi connectivity index (χ0v) is 17.8. The molecule has 1 saturated carbocycles. The SMILES string of the molecule is COC(=O)CCC/C=C\C[C@@H]1[C@@H](c2ccc(C(O)C(C)C)cc2)[C@H](O)C[C@@H]1Cl. The van der Waals surface area contributed by atoms with E-state index in [1.165, 1.54) is 7.11 Å². The highest BCUT2D eigenvalue weighted by Crippen LogP contribution is 2.45. The highest BCUT2D eigenvalue weighted by molar-refractivity contribution is 6.21. The van der Waals surface area contributed by atoms with Gasteiger partial charge in [-0.3, -0.25) is 4.79 Å². The van der Waals surface area contributed by atoms with Crippen molar-refractivity contribution in [2.45, 2.75) is 69.5 Å². The lowest BCUT2D eigenvalue weighted by Gasteiger charge is -2.24. The summed E-state index contributed by atoms with van der Waals surface area (Å²) in [6.45, 7) is 3.98. The summed E-state index contributed by atoms with van der Waals surface area (Å²) in [7, 11) is 1.40. The first-order chi connectivity index (χ1) is 13.3. The minimum atomic E-state index is -0.480. The number of aliphatic hydroxyl groups excluding tert-OH is 2. The predicted molar refractivity (Wildman–Crippen MR) is 112 cm³/mol. The normalized spacial score (nSPS) is 26.1. The average Bonchev–Trinajstić information content (AvgIpc) is 2.96. The van der Waals surface area contributed by atoms with Crippen LogP contribution in [0, 0.1) is 11.8 Å². The van der Waals surface area contributed by atoms with Crippen LogP contribution in [0.15, 0.2) is 36.4 Å². The van der Waals surface area contributed by atoms with E-state index in [4.69, 9.17) is 11.6 Å². The maximum atomic E-state index is 11.1. The molecule has 5 atom stereocenters. The first kappa shape index (κ1) is 22.9. The zero-order valence-electron chi connectivity index (χ0n) is 17.1. The number of methoxy groups -OCH3 is 1. The van der Waals surface area contributed by atoms with E-state index < -0.39 is 12.2 Å². The Morgan fingerprint density at radius 2 is 1.96 bits per heavy atom. The summed E-state index contributed by atoms with van der Waals surface area (Å²) < 4.78 is 4.64. The summed E-state index contributed by atoms with van der Waals surface area (Å²) in [6, 6.07) is 7.93. The Kier molecular flexibility index (Phi) is 9.00. The van der Waals surface area contributed by atoms with E-state index in [1.54, 1.807) is 0 Å². The molecule has 0 spiro atoms. The van der Waals surface area contributed by atoms with Crippen LogP contribution >= 0.6 is 11.6 Å². The van der Waals surface area contributed by atoms with Crippen molar-refractivity contribution in [3.05, 3.63) is 47.5 Å². The molecule has 5 heteroatoms. The van der Waals surface area contributed by atoms with Gasteiger partial charge in [-0.15, -0.1) is 11.6 Å². The van der Waals surface area contributed by atoms with Crippen LogP contribution in [-0.2, 0) is 9.53 Å². The molecular weight excluding hydrogens is 376 g/mol. The van der Waals surface area contributed by atoms with E-state index in [0.717, 1.165) is 30.4 Å². The Labute approximate surface area is 173 Å². The second-order valence-electron chi connectivity index (χ2n) is 8.04. The van der Waals surface area contributed by atoms with Crippen molar-refractivity contribution in [2.75, 3.05) is 7.11 Å². The van der Waals surface area contributed by atoms with Gasteiger partial charge >= 0.3 is 5.97 Å². The van der Waals surface area contributed by atoms with Crippen LogP contribution in [0.5, 0.6) is 0 Å². The number of benzene rings is 1. The van der Waals surface area contributed by atoms with E-state index in [2.05, 4.69) is 16.9 Å². The fourth-order valence-electron chi connectivity index (χ4n) is 3.96. The van der Waals surface area contributed by atoms with Gasteiger partial charge in [0.05, 0.1) is 19.3 Å². The van der Waals surface area contributed by atoms with E-state index in [0.29, 0.717) is 12.8 Å². The number of alkyl halides is 1. The minimum Gasteiger partial charge on any atom is -0.469 e. The fraction of sp³-hybridized carbons (Fsp3) is 0.609. The largest absolute Gasteiger partial charge is 0.469 e. The molecule has 2 N–H and O–H groups in total. The summed E-state index contributed by atoms with van der Waals surface area (Å²) >= 11 is 6.55. The molecule has 1 fully saturated rings. The first-order valence-electron chi connectivity index (χ1n) is 10.2. The van der Waals surface area contributed by atoms with Gasteiger partial charge < -0.3 is 14.9 Å². The molecule has 0 amide bonds. The Morgan fingerprint density at radius 3 is 2.57 bits per heavy atom. The lowest BCUT2D eigenvalue weighted by atomic mass is 9.84. The summed E-state index contributed by atoms with van der Waals surface area (Å²) in [6.07, 6.45) is 6.66. The van der Waals surface area contributed by atoms with Crippen molar-refractivity contribution in [3.63, 3.8) is 0 Å². The van der Waals surface area contributed by atoms with Crippen molar-refractivity contribution >= 4 is 17.6 Å². The van der Waals surface area contributed by atoms with Gasteiger partial charge in [0.25, 0.3) is 0 Å². The summed E-state index contributed by atoms with van der Waals surface area (Å²) in [5.41, 5.74) is 1.97. The van der Waals surface area contributed by atoms with E-state index in [9.17, 15) is 15.0 Å². The van der Waals surface area contributed by atoms with Gasteiger partial charge in [-0.1, -0.05) is 50.3 Å². The smallest absolute Gasteiger partial charge is 0.305 e. The molecular formula is C23H33ClO4.